The maximum absolute atomic E-state index is 12.5. The molecule has 0 bridgehead atoms. The van der Waals surface area contributed by atoms with E-state index in [1.807, 2.05) is 13.8 Å². The third-order valence-electron chi connectivity index (χ3n) is 6.38. The first kappa shape index (κ1) is 41.5. The van der Waals surface area contributed by atoms with Gasteiger partial charge in [-0.25, -0.2) is 22.9 Å². The first-order chi connectivity index (χ1) is 23.8. The van der Waals surface area contributed by atoms with Crippen LogP contribution in [0.5, 0.6) is 11.8 Å². The summed E-state index contributed by atoms with van der Waals surface area (Å²) in [7, 11) is -2.66. The van der Waals surface area contributed by atoms with Crippen LogP contribution in [0.3, 0.4) is 0 Å². The van der Waals surface area contributed by atoms with E-state index in [0.29, 0.717) is 25.9 Å². The Hall–Kier alpha value is -5.71. The molecule has 3 amide bonds. The SMILES string of the molecule is CCCN(CCC)c1c([N+](=O)[O-])cc(S(C)(=O)=O)cc1[N+](=O)[O-].COc1cc(OC)nc(NC(=O)NS(=O)(=O)c2ncccc2C(=O)N(C)C)n1. The van der Waals surface area contributed by atoms with Gasteiger partial charge < -0.3 is 19.3 Å². The number of rotatable bonds is 14. The number of nitro groups is 2. The van der Waals surface area contributed by atoms with Crippen molar-refractivity contribution in [2.75, 3.05) is 57.9 Å². The molecule has 2 heterocycles. The van der Waals surface area contributed by atoms with Crippen LogP contribution in [0.2, 0.25) is 0 Å². The molecule has 278 valence electrons. The van der Waals surface area contributed by atoms with E-state index in [2.05, 4.69) is 20.3 Å². The average molecular weight is 756 g/mol. The molecule has 3 rings (SSSR count). The number of sulfonamides is 1. The van der Waals surface area contributed by atoms with Crippen molar-refractivity contribution in [2.24, 2.45) is 0 Å². The van der Waals surface area contributed by atoms with E-state index in [-0.39, 0.29) is 29.0 Å². The number of carbonyl (C=O) groups is 2. The zero-order valence-corrected chi connectivity index (χ0v) is 30.3. The van der Waals surface area contributed by atoms with E-state index in [1.54, 1.807) is 9.62 Å². The Morgan fingerprint density at radius 3 is 1.82 bits per heavy atom. The summed E-state index contributed by atoms with van der Waals surface area (Å²) in [6.07, 6.45) is 3.32. The Balaban J connectivity index is 0.000000361. The molecule has 51 heavy (non-hydrogen) atoms. The largest absolute Gasteiger partial charge is 0.481 e. The topological polar surface area (TPSA) is 276 Å². The molecule has 0 aliphatic heterocycles. The molecule has 0 unspecified atom stereocenters. The van der Waals surface area contributed by atoms with Crippen molar-refractivity contribution in [2.45, 2.75) is 36.6 Å². The zero-order valence-electron chi connectivity index (χ0n) is 28.6. The van der Waals surface area contributed by atoms with Gasteiger partial charge in [0.05, 0.1) is 40.6 Å². The first-order valence-corrected chi connectivity index (χ1v) is 18.1. The van der Waals surface area contributed by atoms with Crippen molar-refractivity contribution in [3.8, 4) is 11.8 Å². The number of carbonyl (C=O) groups excluding carboxylic acids is 2. The number of nitrogens with zero attached hydrogens (tertiary/aromatic N) is 7. The second-order valence-corrected chi connectivity index (χ2v) is 14.1. The summed E-state index contributed by atoms with van der Waals surface area (Å²) in [4.78, 5) is 59.2. The molecule has 3 aromatic rings. The van der Waals surface area contributed by atoms with E-state index < -0.39 is 62.9 Å². The Bertz CT molecular complexity index is 1930. The molecule has 0 saturated heterocycles. The molecule has 0 atom stereocenters. The highest BCUT2D eigenvalue weighted by Crippen LogP contribution is 2.40. The number of hydrogen-bond acceptors (Lipinski definition) is 16. The number of urea groups is 1. The Morgan fingerprint density at radius 2 is 1.41 bits per heavy atom. The fourth-order valence-electron chi connectivity index (χ4n) is 4.25. The molecule has 0 aliphatic rings. The molecule has 0 fully saturated rings. The number of nitro benzene ring substituents is 2. The highest BCUT2D eigenvalue weighted by Gasteiger charge is 2.32. The molecule has 21 nitrogen and oxygen atoms in total. The van der Waals surface area contributed by atoms with Gasteiger partial charge in [-0.3, -0.25) is 30.3 Å². The maximum Gasteiger partial charge on any atom is 0.335 e. The van der Waals surface area contributed by atoms with Crippen molar-refractivity contribution >= 4 is 54.8 Å². The number of methoxy groups -OCH3 is 2. The Morgan fingerprint density at radius 1 is 0.902 bits per heavy atom. The number of ether oxygens (including phenoxy) is 2. The van der Waals surface area contributed by atoms with Crippen molar-refractivity contribution in [1.82, 2.24) is 24.6 Å². The standard InChI is InChI=1S/C15H18N6O6S.C13H19N3O6S/c1-21(2)13(22)9-6-5-7-16-12(9)28(24,25)20-15(23)19-14-17-10(26-3)8-11(18-14)27-4;1-4-6-14(7-5-2)13-11(15(17)18)8-10(23(3,21)22)9-12(13)16(19)20/h5-8H,1-4H3,(H2,17,18,19,20,23);8-9H,4-7H2,1-3H3. The van der Waals surface area contributed by atoms with E-state index in [4.69, 9.17) is 9.47 Å². The number of aromatic nitrogens is 3. The normalized spacial score (nSPS) is 11.0. The fourth-order valence-corrected chi connectivity index (χ4v) is 5.93. The molecule has 0 aliphatic carbocycles. The molecule has 0 saturated carbocycles. The van der Waals surface area contributed by atoms with Gasteiger partial charge in [0.1, 0.15) is 0 Å². The average Bonchev–Trinajstić information content (AvgIpc) is 3.06. The smallest absolute Gasteiger partial charge is 0.335 e. The molecule has 2 aromatic heterocycles. The number of amides is 3. The highest BCUT2D eigenvalue weighted by atomic mass is 32.2. The molecule has 1 aromatic carbocycles. The van der Waals surface area contributed by atoms with Gasteiger partial charge in [0, 0.05) is 51.8 Å². The lowest BCUT2D eigenvalue weighted by Gasteiger charge is -2.23. The van der Waals surface area contributed by atoms with E-state index in [1.165, 1.54) is 57.6 Å². The van der Waals surface area contributed by atoms with Crippen LogP contribution in [0, 0.1) is 20.2 Å². The number of benzene rings is 1. The summed E-state index contributed by atoms with van der Waals surface area (Å²) in [6, 6.07) is 4.67. The van der Waals surface area contributed by atoms with Crippen LogP contribution in [-0.4, -0.2) is 106 Å². The molecule has 23 heteroatoms. The number of hydrogen-bond donors (Lipinski definition) is 2. The summed E-state index contributed by atoms with van der Waals surface area (Å²) in [5.41, 5.74) is -1.47. The van der Waals surface area contributed by atoms with Gasteiger partial charge >= 0.3 is 17.4 Å². The van der Waals surface area contributed by atoms with Gasteiger partial charge in [-0.15, -0.1) is 0 Å². The van der Waals surface area contributed by atoms with E-state index >= 15 is 0 Å². The fraction of sp³-hybridized carbons (Fsp3) is 0.393. The van der Waals surface area contributed by atoms with Gasteiger partial charge in [-0.2, -0.15) is 18.4 Å². The minimum atomic E-state index is -4.46. The number of pyridine rings is 1. The summed E-state index contributed by atoms with van der Waals surface area (Å²) in [6.45, 7) is 4.50. The van der Waals surface area contributed by atoms with E-state index in [0.717, 1.165) is 18.4 Å². The minimum absolute atomic E-state index is 0.0913. The van der Waals surface area contributed by atoms with Crippen LogP contribution in [0.4, 0.5) is 27.8 Å². The summed E-state index contributed by atoms with van der Waals surface area (Å²) in [5.74, 6) is -0.661. The lowest BCUT2D eigenvalue weighted by molar-refractivity contribution is -0.393. The third kappa shape index (κ3) is 11.1. The second kappa shape index (κ2) is 17.8. The molecular formula is C28H37N9O12S2. The molecular weight excluding hydrogens is 718 g/mol. The lowest BCUT2D eigenvalue weighted by atomic mass is 10.2. The van der Waals surface area contributed by atoms with Crippen LogP contribution in [0.15, 0.2) is 46.5 Å². The number of nitrogens with one attached hydrogen (secondary N) is 2. The Labute approximate surface area is 293 Å². The van der Waals surface area contributed by atoms with Crippen molar-refractivity contribution in [1.29, 1.82) is 0 Å². The van der Waals surface area contributed by atoms with Gasteiger partial charge in [0.15, 0.2) is 20.6 Å². The maximum atomic E-state index is 12.5. The minimum Gasteiger partial charge on any atom is -0.481 e. The number of sulfone groups is 1. The molecule has 0 spiro atoms. The van der Waals surface area contributed by atoms with Crippen molar-refractivity contribution < 1.29 is 45.7 Å². The molecule has 0 radical (unpaired) electrons. The summed E-state index contributed by atoms with van der Waals surface area (Å²) >= 11 is 0. The van der Waals surface area contributed by atoms with Crippen LogP contribution in [0.25, 0.3) is 0 Å². The van der Waals surface area contributed by atoms with Gasteiger partial charge in [0.25, 0.3) is 15.9 Å². The zero-order chi connectivity index (χ0) is 38.7. The van der Waals surface area contributed by atoms with Crippen LogP contribution in [-0.2, 0) is 19.9 Å². The van der Waals surface area contributed by atoms with Gasteiger partial charge in [-0.1, -0.05) is 13.8 Å². The first-order valence-electron chi connectivity index (χ1n) is 14.7. The predicted octanol–water partition coefficient (Wildman–Crippen LogP) is 2.63. The van der Waals surface area contributed by atoms with E-state index in [9.17, 15) is 46.7 Å². The molecule has 2 N–H and O–H groups in total. The number of anilines is 2. The van der Waals surface area contributed by atoms with Crippen molar-refractivity contribution in [3.63, 3.8) is 0 Å². The third-order valence-corrected chi connectivity index (χ3v) is 8.76. The van der Waals surface area contributed by atoms with Crippen LogP contribution < -0.4 is 24.4 Å². The van der Waals surface area contributed by atoms with Gasteiger partial charge in [-0.05, 0) is 25.0 Å². The summed E-state index contributed by atoms with van der Waals surface area (Å²) < 4.78 is 60.0. The Kier molecular flexibility index (Phi) is 14.5. The van der Waals surface area contributed by atoms with Crippen LogP contribution in [0.1, 0.15) is 37.0 Å². The predicted molar refractivity (Wildman–Crippen MR) is 182 cm³/mol. The second-order valence-electron chi connectivity index (χ2n) is 10.5. The van der Waals surface area contributed by atoms with Crippen molar-refractivity contribution in [3.05, 3.63) is 62.3 Å². The summed E-state index contributed by atoms with van der Waals surface area (Å²) in [5, 5.41) is 24.3. The monoisotopic (exact) mass is 755 g/mol. The quantitative estimate of drug-likeness (QED) is 0.177. The highest BCUT2D eigenvalue weighted by molar-refractivity contribution is 7.90. The van der Waals surface area contributed by atoms with Crippen LogP contribution >= 0.6 is 0 Å². The lowest BCUT2D eigenvalue weighted by Crippen LogP contribution is -2.36. The van der Waals surface area contributed by atoms with Gasteiger partial charge in [0.2, 0.25) is 17.7 Å².